The van der Waals surface area contributed by atoms with Gasteiger partial charge in [-0.1, -0.05) is 24.7 Å². The summed E-state index contributed by atoms with van der Waals surface area (Å²) in [6.45, 7) is 0.208. The van der Waals surface area contributed by atoms with E-state index in [1.165, 1.54) is 19.3 Å². The van der Waals surface area contributed by atoms with Crippen LogP contribution in [-0.4, -0.2) is 17.5 Å². The highest BCUT2D eigenvalue weighted by Gasteiger charge is 2.56. The highest BCUT2D eigenvalue weighted by atomic mass is 32.1. The number of thiocarbonyl (C=S) groups is 1. The quantitative estimate of drug-likeness (QED) is 0.817. The second-order valence-corrected chi connectivity index (χ2v) is 6.08. The summed E-state index contributed by atoms with van der Waals surface area (Å²) in [5.41, 5.74) is 6.16. The third-order valence-corrected chi connectivity index (χ3v) is 4.31. The molecule has 2 atom stereocenters. The number of benzene rings is 1. The normalized spacial score (nSPS) is 26.7. The van der Waals surface area contributed by atoms with Crippen molar-refractivity contribution >= 4 is 28.8 Å². The molecule has 2 aliphatic carbocycles. The van der Waals surface area contributed by atoms with E-state index in [9.17, 15) is 4.79 Å². The predicted octanol–water partition coefficient (Wildman–Crippen LogP) is 2.34. The van der Waals surface area contributed by atoms with E-state index < -0.39 is 0 Å². The van der Waals surface area contributed by atoms with Gasteiger partial charge in [0.1, 0.15) is 17.3 Å². The number of ether oxygens (including phenoxy) is 1. The van der Waals surface area contributed by atoms with Gasteiger partial charge in [0.2, 0.25) is 5.91 Å². The number of nitrogens with two attached hydrogens (primary N) is 1. The van der Waals surface area contributed by atoms with Crippen molar-refractivity contribution in [2.24, 2.45) is 23.5 Å². The summed E-state index contributed by atoms with van der Waals surface area (Å²) in [6.07, 6.45) is 3.70. The van der Waals surface area contributed by atoms with Gasteiger partial charge in [-0.05, 0) is 36.8 Å². The Balaban J connectivity index is 1.58. The first-order valence-electron chi connectivity index (χ1n) is 6.97. The van der Waals surface area contributed by atoms with Crippen LogP contribution in [0.2, 0.25) is 0 Å². The maximum absolute atomic E-state index is 12.2. The molecule has 3 rings (SSSR count). The van der Waals surface area contributed by atoms with E-state index in [2.05, 4.69) is 5.32 Å². The fourth-order valence-corrected chi connectivity index (χ4v) is 3.31. The molecule has 2 fully saturated rings. The zero-order valence-electron chi connectivity index (χ0n) is 11.2. The number of fused-ring (bicyclic) bond motifs is 1. The maximum Gasteiger partial charge on any atom is 0.228 e. The van der Waals surface area contributed by atoms with Crippen molar-refractivity contribution in [2.75, 3.05) is 11.9 Å². The van der Waals surface area contributed by atoms with Gasteiger partial charge in [-0.15, -0.1) is 0 Å². The molecule has 2 unspecified atom stereocenters. The van der Waals surface area contributed by atoms with Gasteiger partial charge in [-0.3, -0.25) is 4.79 Å². The highest BCUT2D eigenvalue weighted by Crippen LogP contribution is 2.57. The van der Waals surface area contributed by atoms with Crippen LogP contribution in [0.3, 0.4) is 0 Å². The van der Waals surface area contributed by atoms with Crippen LogP contribution in [0.15, 0.2) is 24.3 Å². The average molecular weight is 290 g/mol. The van der Waals surface area contributed by atoms with Crippen LogP contribution >= 0.6 is 12.2 Å². The smallest absolute Gasteiger partial charge is 0.228 e. The summed E-state index contributed by atoms with van der Waals surface area (Å²) in [4.78, 5) is 12.5. The number of nitrogens with one attached hydrogen (secondary N) is 1. The minimum Gasteiger partial charge on any atom is -0.486 e. The minimum absolute atomic E-state index is 0.145. The van der Waals surface area contributed by atoms with Crippen molar-refractivity contribution in [1.29, 1.82) is 0 Å². The van der Waals surface area contributed by atoms with Crippen LogP contribution in [0.25, 0.3) is 0 Å². The van der Waals surface area contributed by atoms with Gasteiger partial charge in [0, 0.05) is 17.7 Å². The van der Waals surface area contributed by atoms with E-state index in [-0.39, 0.29) is 18.4 Å². The first-order valence-corrected chi connectivity index (χ1v) is 7.38. The fourth-order valence-electron chi connectivity index (χ4n) is 3.25. The van der Waals surface area contributed by atoms with Gasteiger partial charge in [-0.2, -0.15) is 0 Å². The first kappa shape index (κ1) is 13.4. The van der Waals surface area contributed by atoms with Crippen LogP contribution in [0.5, 0.6) is 5.75 Å². The van der Waals surface area contributed by atoms with E-state index in [1.54, 1.807) is 6.07 Å². The zero-order chi connectivity index (χ0) is 14.1. The molecule has 2 aliphatic rings. The molecule has 1 amide bonds. The summed E-state index contributed by atoms with van der Waals surface area (Å²) < 4.78 is 5.42. The topological polar surface area (TPSA) is 64.3 Å². The Morgan fingerprint density at radius 2 is 2.15 bits per heavy atom. The Labute approximate surface area is 123 Å². The largest absolute Gasteiger partial charge is 0.486 e. The van der Waals surface area contributed by atoms with E-state index in [0.29, 0.717) is 22.6 Å². The van der Waals surface area contributed by atoms with Crippen molar-refractivity contribution in [1.82, 2.24) is 0 Å². The number of hydrogen-bond acceptors (Lipinski definition) is 3. The van der Waals surface area contributed by atoms with E-state index >= 15 is 0 Å². The molecule has 0 aliphatic heterocycles. The standard InChI is InChI=1S/C15H18N2O2S/c16-13(20)8-19-10-4-1-3-9(7-10)17-15(18)14-11-5-2-6-12(11)14/h1,3-4,7,11-12,14H,2,5-6,8H2,(H2,16,20)(H,17,18). The van der Waals surface area contributed by atoms with Gasteiger partial charge in [-0.25, -0.2) is 0 Å². The maximum atomic E-state index is 12.2. The van der Waals surface area contributed by atoms with Gasteiger partial charge < -0.3 is 15.8 Å². The van der Waals surface area contributed by atoms with Crippen molar-refractivity contribution in [3.63, 3.8) is 0 Å². The van der Waals surface area contributed by atoms with Crippen LogP contribution in [0, 0.1) is 17.8 Å². The first-order chi connectivity index (χ1) is 9.65. The molecule has 4 nitrogen and oxygen atoms in total. The Hall–Kier alpha value is -1.62. The molecular formula is C15H18N2O2S. The van der Waals surface area contributed by atoms with E-state index in [0.717, 1.165) is 5.69 Å². The third kappa shape index (κ3) is 2.77. The average Bonchev–Trinajstić information content (AvgIpc) is 2.91. The Morgan fingerprint density at radius 1 is 1.40 bits per heavy atom. The number of carbonyl (C=O) groups is 1. The monoisotopic (exact) mass is 290 g/mol. The van der Waals surface area contributed by atoms with Crippen molar-refractivity contribution in [3.8, 4) is 5.75 Å². The van der Waals surface area contributed by atoms with Crippen molar-refractivity contribution in [3.05, 3.63) is 24.3 Å². The fraction of sp³-hybridized carbons (Fsp3) is 0.467. The zero-order valence-corrected chi connectivity index (χ0v) is 12.0. The van der Waals surface area contributed by atoms with E-state index in [4.69, 9.17) is 22.7 Å². The molecule has 0 spiro atoms. The number of hydrogen-bond donors (Lipinski definition) is 2. The molecule has 106 valence electrons. The lowest BCUT2D eigenvalue weighted by molar-refractivity contribution is -0.118. The lowest BCUT2D eigenvalue weighted by Crippen LogP contribution is -2.18. The van der Waals surface area contributed by atoms with Gasteiger partial charge in [0.25, 0.3) is 0 Å². The van der Waals surface area contributed by atoms with Crippen LogP contribution in [0.1, 0.15) is 19.3 Å². The second-order valence-electron chi connectivity index (χ2n) is 5.56. The molecule has 0 bridgehead atoms. The van der Waals surface area contributed by atoms with Crippen LogP contribution in [0.4, 0.5) is 5.69 Å². The number of rotatable bonds is 5. The molecule has 5 heteroatoms. The summed E-state index contributed by atoms with van der Waals surface area (Å²) >= 11 is 4.77. The number of carbonyl (C=O) groups excluding carboxylic acids is 1. The molecule has 1 aromatic carbocycles. The third-order valence-electron chi connectivity index (χ3n) is 4.19. The SMILES string of the molecule is NC(=S)COc1cccc(NC(=O)C2C3CCCC32)c1. The molecule has 0 heterocycles. The molecule has 20 heavy (non-hydrogen) atoms. The van der Waals surface area contributed by atoms with Gasteiger partial charge in [0.15, 0.2) is 0 Å². The summed E-state index contributed by atoms with van der Waals surface area (Å²) in [5, 5.41) is 2.98. The number of amides is 1. The minimum atomic E-state index is 0.145. The lowest BCUT2D eigenvalue weighted by Gasteiger charge is -2.09. The Bertz CT molecular complexity index is 536. The number of anilines is 1. The highest BCUT2D eigenvalue weighted by molar-refractivity contribution is 7.80. The lowest BCUT2D eigenvalue weighted by atomic mass is 10.1. The van der Waals surface area contributed by atoms with Crippen LogP contribution in [-0.2, 0) is 4.79 Å². The van der Waals surface area contributed by atoms with Crippen molar-refractivity contribution in [2.45, 2.75) is 19.3 Å². The Kier molecular flexibility index (Phi) is 3.61. The van der Waals surface area contributed by atoms with Gasteiger partial charge in [0.05, 0.1) is 0 Å². The second kappa shape index (κ2) is 5.40. The summed E-state index contributed by atoms with van der Waals surface area (Å²) in [7, 11) is 0. The van der Waals surface area contributed by atoms with Crippen LogP contribution < -0.4 is 15.8 Å². The molecule has 2 saturated carbocycles. The summed E-state index contributed by atoms with van der Waals surface area (Å²) in [6, 6.07) is 7.33. The molecule has 1 aromatic rings. The molecule has 0 aromatic heterocycles. The van der Waals surface area contributed by atoms with E-state index in [1.807, 2.05) is 18.2 Å². The molecule has 0 saturated heterocycles. The predicted molar refractivity (Wildman–Crippen MR) is 81.7 cm³/mol. The molecule has 0 radical (unpaired) electrons. The summed E-state index contributed by atoms with van der Waals surface area (Å²) in [5.74, 6) is 2.29. The molecule has 3 N–H and O–H groups in total. The Morgan fingerprint density at radius 3 is 2.85 bits per heavy atom. The van der Waals surface area contributed by atoms with Crippen molar-refractivity contribution < 1.29 is 9.53 Å². The van der Waals surface area contributed by atoms with Gasteiger partial charge >= 0.3 is 0 Å². The molecular weight excluding hydrogens is 272 g/mol.